The van der Waals surface area contributed by atoms with Gasteiger partial charge in [0, 0.05) is 6.08 Å². The molecule has 0 heterocycles. The second kappa shape index (κ2) is 6.96. The third-order valence-electron chi connectivity index (χ3n) is 3.55. The Morgan fingerprint density at radius 3 is 2.65 bits per heavy atom. The molecule has 8 heteroatoms. The van der Waals surface area contributed by atoms with E-state index in [2.05, 4.69) is 4.72 Å². The van der Waals surface area contributed by atoms with Gasteiger partial charge in [-0.25, -0.2) is 4.21 Å². The smallest absolute Gasteiger partial charge is 0.258 e. The maximum Gasteiger partial charge on any atom is 0.258 e. The summed E-state index contributed by atoms with van der Waals surface area (Å²) in [4.78, 5) is 10.4. The molecule has 0 bridgehead atoms. The lowest BCUT2D eigenvalue weighted by atomic mass is 9.97. The van der Waals surface area contributed by atoms with E-state index < -0.39 is 22.3 Å². The van der Waals surface area contributed by atoms with Crippen LogP contribution >= 0.6 is 0 Å². The number of nitrogens with one attached hydrogen (secondary N) is 1. The van der Waals surface area contributed by atoms with Crippen LogP contribution in [0.1, 0.15) is 38.5 Å². The number of hydrogen-bond acceptors (Lipinski definition) is 4. The standard InChI is InChI=1S/C12H18N2O5S/c15-14(16)9-6-7-11(13-20(17)18)12(8-9)19-10-4-2-1-3-5-10/h6-7,10,12-13H,1-5,8H2,(H,17,18). The molecule has 0 spiro atoms. The Bertz CT molecular complexity index is 457. The number of rotatable bonds is 5. The molecule has 2 rings (SSSR count). The third-order valence-corrected chi connectivity index (χ3v) is 3.96. The second-order valence-electron chi connectivity index (χ2n) is 4.98. The summed E-state index contributed by atoms with van der Waals surface area (Å²) in [5, 5.41) is 10.8. The van der Waals surface area contributed by atoms with Gasteiger partial charge < -0.3 is 4.74 Å². The predicted octanol–water partition coefficient (Wildman–Crippen LogP) is 1.88. The van der Waals surface area contributed by atoms with Crippen molar-refractivity contribution in [1.29, 1.82) is 0 Å². The molecule has 0 aliphatic heterocycles. The van der Waals surface area contributed by atoms with Crippen LogP contribution in [0.25, 0.3) is 0 Å². The van der Waals surface area contributed by atoms with Crippen LogP contribution in [0.15, 0.2) is 23.5 Å². The van der Waals surface area contributed by atoms with Crippen molar-refractivity contribution in [3.8, 4) is 0 Å². The molecule has 0 aromatic rings. The van der Waals surface area contributed by atoms with Crippen LogP contribution in [0.5, 0.6) is 0 Å². The number of ether oxygens (including phenoxy) is 1. The SMILES string of the molecule is O=[N+]([O-])C1=CC=C(NS(=O)O)C(OC2CCCCC2)C1. The minimum absolute atomic E-state index is 0.0556. The lowest BCUT2D eigenvalue weighted by Crippen LogP contribution is -2.34. The van der Waals surface area contributed by atoms with Crippen LogP contribution < -0.4 is 4.72 Å². The summed E-state index contributed by atoms with van der Waals surface area (Å²) in [5.41, 5.74) is 0.474. The van der Waals surface area contributed by atoms with E-state index in [0.29, 0.717) is 5.70 Å². The van der Waals surface area contributed by atoms with Gasteiger partial charge in [0.1, 0.15) is 6.10 Å². The van der Waals surface area contributed by atoms with Crippen molar-refractivity contribution in [2.45, 2.75) is 50.7 Å². The molecule has 2 atom stereocenters. The van der Waals surface area contributed by atoms with Crippen molar-refractivity contribution in [2.75, 3.05) is 0 Å². The summed E-state index contributed by atoms with van der Waals surface area (Å²) < 4.78 is 28.1. The Morgan fingerprint density at radius 2 is 2.05 bits per heavy atom. The summed E-state index contributed by atoms with van der Waals surface area (Å²) in [6.45, 7) is 0. The fourth-order valence-electron chi connectivity index (χ4n) is 2.55. The average Bonchev–Trinajstić information content (AvgIpc) is 2.41. The molecule has 1 saturated carbocycles. The van der Waals surface area contributed by atoms with Crippen LogP contribution in [-0.2, 0) is 16.0 Å². The summed E-state index contributed by atoms with van der Waals surface area (Å²) >= 11 is -2.21. The van der Waals surface area contributed by atoms with Crippen molar-refractivity contribution in [2.24, 2.45) is 0 Å². The molecule has 0 aromatic carbocycles. The molecule has 2 aliphatic carbocycles. The van der Waals surface area contributed by atoms with Gasteiger partial charge in [0.05, 0.1) is 23.1 Å². The maximum atomic E-state index is 10.9. The normalized spacial score (nSPS) is 25.6. The Kier molecular flexibility index (Phi) is 5.27. The van der Waals surface area contributed by atoms with Crippen molar-refractivity contribution in [3.63, 3.8) is 0 Å². The average molecular weight is 302 g/mol. The number of allylic oxidation sites excluding steroid dienone is 2. The highest BCUT2D eigenvalue weighted by Crippen LogP contribution is 2.27. The number of nitrogens with zero attached hydrogens (tertiary/aromatic N) is 1. The molecule has 1 fully saturated rings. The van der Waals surface area contributed by atoms with Gasteiger partial charge in [-0.3, -0.25) is 19.4 Å². The summed E-state index contributed by atoms with van der Waals surface area (Å²) in [5.74, 6) is 0. The zero-order valence-electron chi connectivity index (χ0n) is 11.0. The fourth-order valence-corrected chi connectivity index (χ4v) is 2.95. The largest absolute Gasteiger partial charge is 0.368 e. The van der Waals surface area contributed by atoms with E-state index in [0.717, 1.165) is 25.7 Å². The first-order chi connectivity index (χ1) is 9.56. The second-order valence-corrected chi connectivity index (χ2v) is 5.68. The zero-order valence-corrected chi connectivity index (χ0v) is 11.8. The highest BCUT2D eigenvalue weighted by atomic mass is 32.2. The lowest BCUT2D eigenvalue weighted by molar-refractivity contribution is -0.429. The molecule has 0 saturated heterocycles. The van der Waals surface area contributed by atoms with Crippen molar-refractivity contribution in [1.82, 2.24) is 4.72 Å². The lowest BCUT2D eigenvalue weighted by Gasteiger charge is -2.29. The Morgan fingerprint density at radius 1 is 1.35 bits per heavy atom. The van der Waals surface area contributed by atoms with E-state index in [4.69, 9.17) is 9.29 Å². The number of nitro groups is 1. The van der Waals surface area contributed by atoms with Gasteiger partial charge in [0.2, 0.25) is 5.70 Å². The zero-order chi connectivity index (χ0) is 14.5. The molecule has 112 valence electrons. The van der Waals surface area contributed by atoms with E-state index >= 15 is 0 Å². The van der Waals surface area contributed by atoms with Gasteiger partial charge in [0.25, 0.3) is 11.3 Å². The molecule has 0 radical (unpaired) electrons. The van der Waals surface area contributed by atoms with Gasteiger partial charge in [-0.05, 0) is 18.9 Å². The maximum absolute atomic E-state index is 10.9. The Hall–Kier alpha value is -1.25. The molecule has 0 amide bonds. The Balaban J connectivity index is 2.07. The van der Waals surface area contributed by atoms with E-state index in [1.54, 1.807) is 0 Å². The topological polar surface area (TPSA) is 102 Å². The highest BCUT2D eigenvalue weighted by Gasteiger charge is 2.29. The van der Waals surface area contributed by atoms with Crippen LogP contribution in [-0.4, -0.2) is 25.9 Å². The molecule has 2 N–H and O–H groups in total. The van der Waals surface area contributed by atoms with Gasteiger partial charge >= 0.3 is 0 Å². The molecular weight excluding hydrogens is 284 g/mol. The van der Waals surface area contributed by atoms with Gasteiger partial charge in [0.15, 0.2) is 0 Å². The summed E-state index contributed by atoms with van der Waals surface area (Å²) in [6, 6.07) is 0. The minimum atomic E-state index is -2.21. The van der Waals surface area contributed by atoms with E-state index in [1.165, 1.54) is 18.6 Å². The van der Waals surface area contributed by atoms with E-state index in [1.807, 2.05) is 0 Å². The fraction of sp³-hybridized carbons (Fsp3) is 0.667. The molecule has 0 aromatic heterocycles. The number of hydrogen-bond donors (Lipinski definition) is 2. The molecular formula is C12H18N2O5S. The summed E-state index contributed by atoms with van der Waals surface area (Å²) in [7, 11) is 0. The third kappa shape index (κ3) is 4.12. The first-order valence-corrected chi connectivity index (χ1v) is 7.75. The minimum Gasteiger partial charge on any atom is -0.368 e. The van der Waals surface area contributed by atoms with Crippen LogP contribution in [0, 0.1) is 10.1 Å². The van der Waals surface area contributed by atoms with Gasteiger partial charge in [-0.2, -0.15) is 0 Å². The first kappa shape index (κ1) is 15.1. The molecule has 7 nitrogen and oxygen atoms in total. The highest BCUT2D eigenvalue weighted by molar-refractivity contribution is 7.77. The predicted molar refractivity (Wildman–Crippen MR) is 73.4 cm³/mol. The van der Waals surface area contributed by atoms with Crippen LogP contribution in [0.4, 0.5) is 0 Å². The monoisotopic (exact) mass is 302 g/mol. The van der Waals surface area contributed by atoms with E-state index in [-0.39, 0.29) is 18.2 Å². The van der Waals surface area contributed by atoms with Crippen molar-refractivity contribution >= 4 is 11.3 Å². The van der Waals surface area contributed by atoms with Crippen LogP contribution in [0.2, 0.25) is 0 Å². The molecule has 2 aliphatic rings. The van der Waals surface area contributed by atoms with Gasteiger partial charge in [-0.15, -0.1) is 0 Å². The van der Waals surface area contributed by atoms with Crippen LogP contribution in [0.3, 0.4) is 0 Å². The molecule has 20 heavy (non-hydrogen) atoms. The Labute approximate surface area is 119 Å². The summed E-state index contributed by atoms with van der Waals surface area (Å²) in [6.07, 6.45) is 7.65. The quantitative estimate of drug-likeness (QED) is 0.458. The van der Waals surface area contributed by atoms with E-state index in [9.17, 15) is 14.3 Å². The molecule has 2 unspecified atom stereocenters. The van der Waals surface area contributed by atoms with Gasteiger partial charge in [-0.1, -0.05) is 19.3 Å². The van der Waals surface area contributed by atoms with Crippen molar-refractivity contribution in [3.05, 3.63) is 33.7 Å². The first-order valence-electron chi connectivity index (χ1n) is 6.64. The van der Waals surface area contributed by atoms with Crippen molar-refractivity contribution < 1.29 is 18.4 Å².